The number of aryl methyl sites for hydroxylation is 1. The molecule has 1 aromatic carbocycles. The van der Waals surface area contributed by atoms with E-state index in [2.05, 4.69) is 10.6 Å². The molecule has 1 saturated carbocycles. The molecule has 1 aliphatic rings. The fourth-order valence-corrected chi connectivity index (χ4v) is 4.76. The maximum absolute atomic E-state index is 13.5. The molecule has 1 aliphatic carbocycles. The number of nitrogens with one attached hydrogen (secondary N) is 2. The van der Waals surface area contributed by atoms with Crippen molar-refractivity contribution in [2.75, 3.05) is 19.7 Å². The summed E-state index contributed by atoms with van der Waals surface area (Å²) in [4.78, 5) is 53.4. The lowest BCUT2D eigenvalue weighted by atomic mass is 9.98. The molecule has 182 valence electrons. The van der Waals surface area contributed by atoms with Crippen LogP contribution in [0.4, 0.5) is 0 Å². The number of ether oxygens (including phenoxy) is 1. The first kappa shape index (κ1) is 25.4. The molecule has 0 saturated heterocycles. The van der Waals surface area contributed by atoms with E-state index in [1.54, 1.807) is 36.6 Å². The summed E-state index contributed by atoms with van der Waals surface area (Å²) >= 11 is 1.26. The van der Waals surface area contributed by atoms with Crippen LogP contribution in [-0.4, -0.2) is 54.3 Å². The maximum atomic E-state index is 13.5. The van der Waals surface area contributed by atoms with E-state index >= 15 is 0 Å². The number of carbonyl (C=O) groups excluding carboxylic acids is 4. The number of hydrogen-bond acceptors (Lipinski definition) is 6. The lowest BCUT2D eigenvalue weighted by Crippen LogP contribution is -2.50. The topological polar surface area (TPSA) is 105 Å². The lowest BCUT2D eigenvalue weighted by Gasteiger charge is -2.32. The highest BCUT2D eigenvalue weighted by molar-refractivity contribution is 7.12. The molecular weight excluding hydrogens is 454 g/mol. The first-order chi connectivity index (χ1) is 16.4. The normalized spacial score (nSPS) is 14.3. The van der Waals surface area contributed by atoms with Crippen LogP contribution in [-0.2, 0) is 19.1 Å². The van der Waals surface area contributed by atoms with Crippen molar-refractivity contribution in [3.63, 3.8) is 0 Å². The van der Waals surface area contributed by atoms with Gasteiger partial charge in [0.25, 0.3) is 5.91 Å². The minimum absolute atomic E-state index is 0.0390. The average Bonchev–Trinajstić information content (AvgIpc) is 3.53. The zero-order valence-corrected chi connectivity index (χ0v) is 20.4. The van der Waals surface area contributed by atoms with Gasteiger partial charge in [-0.25, -0.2) is 0 Å². The van der Waals surface area contributed by atoms with Crippen molar-refractivity contribution in [1.29, 1.82) is 0 Å². The molecule has 0 radical (unpaired) electrons. The van der Waals surface area contributed by atoms with Gasteiger partial charge in [0.05, 0.1) is 18.0 Å². The van der Waals surface area contributed by atoms with Crippen molar-refractivity contribution in [3.05, 3.63) is 57.8 Å². The van der Waals surface area contributed by atoms with Crippen LogP contribution in [0.2, 0.25) is 0 Å². The zero-order valence-electron chi connectivity index (χ0n) is 19.5. The van der Waals surface area contributed by atoms with Gasteiger partial charge in [0, 0.05) is 6.04 Å². The van der Waals surface area contributed by atoms with Gasteiger partial charge in [-0.05, 0) is 49.3 Å². The molecule has 8 nitrogen and oxygen atoms in total. The van der Waals surface area contributed by atoms with Crippen LogP contribution in [0.5, 0.6) is 0 Å². The average molecular weight is 486 g/mol. The van der Waals surface area contributed by atoms with Crippen LogP contribution in [0.1, 0.15) is 59.4 Å². The zero-order chi connectivity index (χ0) is 24.5. The van der Waals surface area contributed by atoms with Crippen molar-refractivity contribution < 1.29 is 23.9 Å². The summed E-state index contributed by atoms with van der Waals surface area (Å²) in [7, 11) is 0. The summed E-state index contributed by atoms with van der Waals surface area (Å²) in [5, 5.41) is 7.43. The van der Waals surface area contributed by atoms with Gasteiger partial charge < -0.3 is 20.3 Å². The number of hydrogen-bond donors (Lipinski definition) is 2. The van der Waals surface area contributed by atoms with Gasteiger partial charge in [-0.15, -0.1) is 11.3 Å². The van der Waals surface area contributed by atoms with Crippen molar-refractivity contribution >= 4 is 35.0 Å². The Morgan fingerprint density at radius 2 is 1.85 bits per heavy atom. The molecule has 1 heterocycles. The van der Waals surface area contributed by atoms with Crippen molar-refractivity contribution in [2.24, 2.45) is 0 Å². The minimum atomic E-state index is -1.03. The molecule has 1 atom stereocenters. The molecule has 1 fully saturated rings. The van der Waals surface area contributed by atoms with E-state index in [4.69, 9.17) is 4.74 Å². The van der Waals surface area contributed by atoms with Gasteiger partial charge in [-0.2, -0.15) is 0 Å². The summed E-state index contributed by atoms with van der Waals surface area (Å²) in [5.41, 5.74) is 1.44. The first-order valence-corrected chi connectivity index (χ1v) is 12.4. The predicted molar refractivity (Wildman–Crippen MR) is 129 cm³/mol. The molecule has 0 bridgehead atoms. The van der Waals surface area contributed by atoms with E-state index in [1.165, 1.54) is 16.2 Å². The third-order valence-corrected chi connectivity index (χ3v) is 6.68. The summed E-state index contributed by atoms with van der Waals surface area (Å²) < 4.78 is 5.09. The number of nitrogens with zero attached hydrogens (tertiary/aromatic N) is 1. The molecule has 0 aliphatic heterocycles. The van der Waals surface area contributed by atoms with E-state index in [-0.39, 0.29) is 31.0 Å². The molecule has 2 aromatic rings. The van der Waals surface area contributed by atoms with Crippen LogP contribution >= 0.6 is 11.3 Å². The quantitative estimate of drug-likeness (QED) is 0.504. The van der Waals surface area contributed by atoms with Gasteiger partial charge in [-0.1, -0.05) is 43.2 Å². The third-order valence-electron chi connectivity index (χ3n) is 5.81. The number of esters is 1. The number of thiophene rings is 1. The Balaban J connectivity index is 1.88. The second-order valence-corrected chi connectivity index (χ2v) is 9.18. The monoisotopic (exact) mass is 485 g/mol. The van der Waals surface area contributed by atoms with Crippen molar-refractivity contribution in [3.8, 4) is 0 Å². The number of benzene rings is 1. The molecule has 0 spiro atoms. The standard InChI is InChI=1S/C25H31N3O5S/c1-3-33-22(30)16-28(21(29)15-26-24(31)20-13-8-14-34-20)23(19-12-7-4-9-17(19)2)25(32)27-18-10-5-6-11-18/h4,7-9,12-14,18,23H,3,5-6,10-11,15-16H2,1-2H3,(H,26,31)(H,27,32). The van der Waals surface area contributed by atoms with E-state index < -0.39 is 24.5 Å². The molecule has 3 amide bonds. The second kappa shape index (κ2) is 12.3. The molecular formula is C25H31N3O5S. The van der Waals surface area contributed by atoms with E-state index in [0.717, 1.165) is 31.2 Å². The predicted octanol–water partition coefficient (Wildman–Crippen LogP) is 2.98. The highest BCUT2D eigenvalue weighted by Crippen LogP contribution is 2.26. The van der Waals surface area contributed by atoms with Gasteiger partial charge >= 0.3 is 5.97 Å². The molecule has 34 heavy (non-hydrogen) atoms. The van der Waals surface area contributed by atoms with Crippen LogP contribution in [0.25, 0.3) is 0 Å². The second-order valence-electron chi connectivity index (χ2n) is 8.24. The van der Waals surface area contributed by atoms with Gasteiger partial charge in [-0.3, -0.25) is 19.2 Å². The largest absolute Gasteiger partial charge is 0.465 e. The van der Waals surface area contributed by atoms with E-state index in [0.29, 0.717) is 10.4 Å². The van der Waals surface area contributed by atoms with Crippen LogP contribution in [0.3, 0.4) is 0 Å². The highest BCUT2D eigenvalue weighted by Gasteiger charge is 2.35. The fraction of sp³-hybridized carbons (Fsp3) is 0.440. The smallest absolute Gasteiger partial charge is 0.325 e. The van der Waals surface area contributed by atoms with Gasteiger partial charge in [0.15, 0.2) is 0 Å². The van der Waals surface area contributed by atoms with Crippen LogP contribution in [0, 0.1) is 6.92 Å². The van der Waals surface area contributed by atoms with Gasteiger partial charge in [0.1, 0.15) is 12.6 Å². The van der Waals surface area contributed by atoms with E-state index in [1.807, 2.05) is 19.1 Å². The Labute approximate surface area is 203 Å². The summed E-state index contributed by atoms with van der Waals surface area (Å²) in [5.74, 6) is -1.90. The Bertz CT molecular complexity index is 1000. The maximum Gasteiger partial charge on any atom is 0.325 e. The fourth-order valence-electron chi connectivity index (χ4n) is 4.12. The minimum Gasteiger partial charge on any atom is -0.465 e. The molecule has 1 aromatic heterocycles. The summed E-state index contributed by atoms with van der Waals surface area (Å²) in [6, 6.07) is 9.70. The molecule has 2 N–H and O–H groups in total. The number of rotatable bonds is 10. The SMILES string of the molecule is CCOC(=O)CN(C(=O)CNC(=O)c1cccs1)C(C(=O)NC1CCCC1)c1ccccc1C. The third kappa shape index (κ3) is 6.66. The molecule has 9 heteroatoms. The molecule has 1 unspecified atom stereocenters. The summed E-state index contributed by atoms with van der Waals surface area (Å²) in [6.45, 7) is 2.93. The number of amides is 3. The molecule has 3 rings (SSSR count). The van der Waals surface area contributed by atoms with Crippen molar-refractivity contribution in [2.45, 2.75) is 51.6 Å². The summed E-state index contributed by atoms with van der Waals surface area (Å²) in [6.07, 6.45) is 3.85. The first-order valence-electron chi connectivity index (χ1n) is 11.5. The van der Waals surface area contributed by atoms with Crippen LogP contribution in [0.15, 0.2) is 41.8 Å². The Morgan fingerprint density at radius 1 is 1.12 bits per heavy atom. The van der Waals surface area contributed by atoms with Gasteiger partial charge in [0.2, 0.25) is 11.8 Å². The number of carbonyl (C=O) groups is 4. The highest BCUT2D eigenvalue weighted by atomic mass is 32.1. The van der Waals surface area contributed by atoms with E-state index in [9.17, 15) is 19.2 Å². The Morgan fingerprint density at radius 3 is 2.50 bits per heavy atom. The van der Waals surface area contributed by atoms with Crippen molar-refractivity contribution in [1.82, 2.24) is 15.5 Å². The Hall–Kier alpha value is -3.20. The Kier molecular flexibility index (Phi) is 9.21. The van der Waals surface area contributed by atoms with Crippen LogP contribution < -0.4 is 10.6 Å². The lowest BCUT2D eigenvalue weighted by molar-refractivity contribution is -0.152.